The third-order valence-corrected chi connectivity index (χ3v) is 4.45. The molecule has 2 rings (SSSR count). The number of anilines is 1. The van der Waals surface area contributed by atoms with E-state index in [-0.39, 0.29) is 11.7 Å². The van der Waals surface area contributed by atoms with Crippen molar-refractivity contribution in [3.8, 4) is 0 Å². The van der Waals surface area contributed by atoms with E-state index < -0.39 is 5.54 Å². The highest BCUT2D eigenvalue weighted by molar-refractivity contribution is 5.88. The summed E-state index contributed by atoms with van der Waals surface area (Å²) in [5, 5.41) is 3.10. The molecule has 4 heteroatoms. The van der Waals surface area contributed by atoms with Crippen LogP contribution in [0, 0.1) is 17.7 Å². The van der Waals surface area contributed by atoms with Gasteiger partial charge in [-0.2, -0.15) is 0 Å². The molecule has 110 valence electrons. The zero-order chi connectivity index (χ0) is 14.8. The van der Waals surface area contributed by atoms with Gasteiger partial charge in [-0.3, -0.25) is 4.79 Å². The van der Waals surface area contributed by atoms with Gasteiger partial charge in [-0.1, -0.05) is 32.4 Å². The first-order chi connectivity index (χ1) is 9.44. The highest BCUT2D eigenvalue weighted by atomic mass is 19.1. The van der Waals surface area contributed by atoms with E-state index in [1.54, 1.807) is 18.2 Å². The smallest absolute Gasteiger partial charge is 0.243 e. The summed E-state index contributed by atoms with van der Waals surface area (Å²) >= 11 is 0. The fraction of sp³-hybridized carbons (Fsp3) is 0.562. The molecule has 0 aromatic heterocycles. The average Bonchev–Trinajstić information content (AvgIpc) is 2.41. The summed E-state index contributed by atoms with van der Waals surface area (Å²) in [5.41, 5.74) is 5.17. The number of amides is 1. The summed E-state index contributed by atoms with van der Waals surface area (Å²) in [5.74, 6) is 0.206. The Bertz CT molecular complexity index is 489. The standard InChI is InChI=1S/C16H23FN2O/c1-11(2)12-6-5-9-16(10-12,15(18)20)19-14-8-4-3-7-13(14)17/h3-4,7-8,11-12,19H,5-6,9-10H2,1-2H3,(H2,18,20). The Morgan fingerprint density at radius 1 is 1.45 bits per heavy atom. The fourth-order valence-corrected chi connectivity index (χ4v) is 3.11. The maximum Gasteiger partial charge on any atom is 0.243 e. The van der Waals surface area contributed by atoms with Gasteiger partial charge in [0.1, 0.15) is 11.4 Å². The summed E-state index contributed by atoms with van der Waals surface area (Å²) in [6, 6.07) is 6.43. The van der Waals surface area contributed by atoms with E-state index >= 15 is 0 Å². The van der Waals surface area contributed by atoms with Crippen molar-refractivity contribution in [3.05, 3.63) is 30.1 Å². The molecule has 0 saturated heterocycles. The predicted molar refractivity (Wildman–Crippen MR) is 78.7 cm³/mol. The summed E-state index contributed by atoms with van der Waals surface area (Å²) in [7, 11) is 0. The molecule has 1 aliphatic carbocycles. The second-order valence-electron chi connectivity index (χ2n) is 6.15. The molecule has 20 heavy (non-hydrogen) atoms. The monoisotopic (exact) mass is 278 g/mol. The number of carbonyl (C=O) groups excluding carboxylic acids is 1. The van der Waals surface area contributed by atoms with Crippen LogP contribution in [0.2, 0.25) is 0 Å². The molecule has 0 radical (unpaired) electrons. The first kappa shape index (κ1) is 14.8. The van der Waals surface area contributed by atoms with Crippen molar-refractivity contribution in [2.24, 2.45) is 17.6 Å². The van der Waals surface area contributed by atoms with E-state index in [9.17, 15) is 9.18 Å². The molecule has 2 unspecified atom stereocenters. The van der Waals surface area contributed by atoms with Crippen molar-refractivity contribution in [3.63, 3.8) is 0 Å². The molecule has 3 N–H and O–H groups in total. The number of rotatable bonds is 4. The Labute approximate surface area is 119 Å². The Balaban J connectivity index is 2.26. The van der Waals surface area contributed by atoms with Crippen molar-refractivity contribution in [2.75, 3.05) is 5.32 Å². The van der Waals surface area contributed by atoms with Crippen molar-refractivity contribution in [1.82, 2.24) is 0 Å². The second-order valence-corrected chi connectivity index (χ2v) is 6.15. The Kier molecular flexibility index (Phi) is 4.31. The lowest BCUT2D eigenvalue weighted by atomic mass is 9.71. The van der Waals surface area contributed by atoms with Gasteiger partial charge < -0.3 is 11.1 Å². The molecule has 3 nitrogen and oxygen atoms in total. The van der Waals surface area contributed by atoms with Gasteiger partial charge in [0, 0.05) is 0 Å². The topological polar surface area (TPSA) is 55.1 Å². The zero-order valence-electron chi connectivity index (χ0n) is 12.2. The lowest BCUT2D eigenvalue weighted by Crippen LogP contribution is -2.54. The number of hydrogen-bond donors (Lipinski definition) is 2. The van der Waals surface area contributed by atoms with E-state index in [4.69, 9.17) is 5.73 Å². The van der Waals surface area contributed by atoms with E-state index in [1.165, 1.54) is 6.07 Å². The quantitative estimate of drug-likeness (QED) is 0.887. The Morgan fingerprint density at radius 2 is 2.15 bits per heavy atom. The predicted octanol–water partition coefficient (Wildman–Crippen LogP) is 3.31. The highest BCUT2D eigenvalue weighted by Crippen LogP contribution is 2.38. The molecule has 0 heterocycles. The van der Waals surface area contributed by atoms with Crippen LogP contribution in [0.15, 0.2) is 24.3 Å². The number of benzene rings is 1. The normalized spacial score (nSPS) is 26.5. The second kappa shape index (κ2) is 5.81. The Morgan fingerprint density at radius 3 is 2.75 bits per heavy atom. The molecule has 1 saturated carbocycles. The number of carbonyl (C=O) groups is 1. The summed E-state index contributed by atoms with van der Waals surface area (Å²) < 4.78 is 13.8. The van der Waals surface area contributed by atoms with Crippen molar-refractivity contribution >= 4 is 11.6 Å². The minimum absolute atomic E-state index is 0.347. The van der Waals surface area contributed by atoms with Crippen LogP contribution < -0.4 is 11.1 Å². The van der Waals surface area contributed by atoms with Crippen LogP contribution in [0.25, 0.3) is 0 Å². The summed E-state index contributed by atoms with van der Waals surface area (Å²) in [6.07, 6.45) is 3.38. The van der Waals surface area contributed by atoms with E-state index in [0.717, 1.165) is 12.8 Å². The SMILES string of the molecule is CC(C)C1CCCC(Nc2ccccc2F)(C(N)=O)C1. The maximum atomic E-state index is 13.8. The van der Waals surface area contributed by atoms with Crippen LogP contribution in [-0.4, -0.2) is 11.4 Å². The molecule has 0 spiro atoms. The molecule has 1 fully saturated rings. The van der Waals surface area contributed by atoms with Crippen molar-refractivity contribution in [1.29, 1.82) is 0 Å². The van der Waals surface area contributed by atoms with Gasteiger partial charge in [-0.05, 0) is 43.2 Å². The molecule has 1 aromatic carbocycles. The number of hydrogen-bond acceptors (Lipinski definition) is 2. The number of nitrogens with two attached hydrogens (primary N) is 1. The van der Waals surface area contributed by atoms with Crippen LogP contribution in [0.1, 0.15) is 39.5 Å². The molecule has 1 aliphatic rings. The maximum absolute atomic E-state index is 13.8. The average molecular weight is 278 g/mol. The summed E-state index contributed by atoms with van der Waals surface area (Å²) in [6.45, 7) is 4.32. The van der Waals surface area contributed by atoms with Crippen LogP contribution in [0.5, 0.6) is 0 Å². The zero-order valence-corrected chi connectivity index (χ0v) is 12.2. The van der Waals surface area contributed by atoms with E-state index in [1.807, 2.05) is 0 Å². The molecular formula is C16H23FN2O. The van der Waals surface area contributed by atoms with Crippen LogP contribution in [0.3, 0.4) is 0 Å². The molecule has 1 aromatic rings. The van der Waals surface area contributed by atoms with E-state index in [0.29, 0.717) is 30.4 Å². The third kappa shape index (κ3) is 2.94. The van der Waals surface area contributed by atoms with Gasteiger partial charge >= 0.3 is 0 Å². The number of primary amides is 1. The van der Waals surface area contributed by atoms with Gasteiger partial charge in [-0.15, -0.1) is 0 Å². The van der Waals surface area contributed by atoms with Gasteiger partial charge in [0.2, 0.25) is 5.91 Å². The minimum Gasteiger partial charge on any atom is -0.369 e. The molecule has 2 atom stereocenters. The Hall–Kier alpha value is -1.58. The van der Waals surface area contributed by atoms with Crippen LogP contribution in [-0.2, 0) is 4.79 Å². The van der Waals surface area contributed by atoms with Gasteiger partial charge in [0.25, 0.3) is 0 Å². The first-order valence-corrected chi connectivity index (χ1v) is 7.27. The van der Waals surface area contributed by atoms with Gasteiger partial charge in [-0.25, -0.2) is 4.39 Å². The first-order valence-electron chi connectivity index (χ1n) is 7.27. The number of para-hydroxylation sites is 1. The van der Waals surface area contributed by atoms with E-state index in [2.05, 4.69) is 19.2 Å². The van der Waals surface area contributed by atoms with Gasteiger partial charge in [0.15, 0.2) is 0 Å². The van der Waals surface area contributed by atoms with Crippen LogP contribution >= 0.6 is 0 Å². The number of nitrogens with one attached hydrogen (secondary N) is 1. The summed E-state index contributed by atoms with van der Waals surface area (Å²) in [4.78, 5) is 12.0. The molecule has 0 aliphatic heterocycles. The highest BCUT2D eigenvalue weighted by Gasteiger charge is 2.42. The molecule has 0 bridgehead atoms. The largest absolute Gasteiger partial charge is 0.369 e. The van der Waals surface area contributed by atoms with Gasteiger partial charge in [0.05, 0.1) is 5.69 Å². The third-order valence-electron chi connectivity index (χ3n) is 4.45. The van der Waals surface area contributed by atoms with Crippen LogP contribution in [0.4, 0.5) is 10.1 Å². The fourth-order valence-electron chi connectivity index (χ4n) is 3.11. The minimum atomic E-state index is -0.824. The van der Waals surface area contributed by atoms with Crippen molar-refractivity contribution in [2.45, 2.75) is 45.1 Å². The molecule has 1 amide bonds. The van der Waals surface area contributed by atoms with Crippen molar-refractivity contribution < 1.29 is 9.18 Å². The lowest BCUT2D eigenvalue weighted by molar-refractivity contribution is -0.124. The molecular weight excluding hydrogens is 255 g/mol. The lowest BCUT2D eigenvalue weighted by Gasteiger charge is -2.41. The number of halogens is 1.